The summed E-state index contributed by atoms with van der Waals surface area (Å²) in [5.74, 6) is 0.477. The number of H-pyrrole nitrogens is 1. The second-order valence-electron chi connectivity index (χ2n) is 3.94. The minimum absolute atomic E-state index is 0.477. The van der Waals surface area contributed by atoms with Crippen LogP contribution in [0.25, 0.3) is 0 Å². The summed E-state index contributed by atoms with van der Waals surface area (Å²) < 4.78 is 0. The van der Waals surface area contributed by atoms with Crippen LogP contribution in [0.1, 0.15) is 30.5 Å². The molecule has 4 heteroatoms. The third-order valence-electron chi connectivity index (χ3n) is 2.82. The van der Waals surface area contributed by atoms with Crippen molar-refractivity contribution in [1.82, 2.24) is 15.4 Å². The fraction of sp³-hybridized carbons (Fsp3) is 0.333. The molecule has 1 aromatic carbocycles. The molecule has 1 unspecified atom stereocenters. The van der Waals surface area contributed by atoms with Crippen molar-refractivity contribution in [1.29, 1.82) is 0 Å². The van der Waals surface area contributed by atoms with E-state index in [1.807, 2.05) is 12.1 Å². The van der Waals surface area contributed by atoms with Crippen molar-refractivity contribution in [3.63, 3.8) is 0 Å². The molecule has 0 radical (unpaired) electrons. The van der Waals surface area contributed by atoms with Gasteiger partial charge in [0.1, 0.15) is 0 Å². The first-order valence-corrected chi connectivity index (χ1v) is 5.49. The van der Waals surface area contributed by atoms with Crippen LogP contribution in [0.5, 0.6) is 0 Å². The summed E-state index contributed by atoms with van der Waals surface area (Å²) in [6, 6.07) is 8.06. The minimum atomic E-state index is 0.477. The molecule has 1 heterocycles. The summed E-state index contributed by atoms with van der Waals surface area (Å²) in [4.78, 5) is 0. The van der Waals surface area contributed by atoms with E-state index in [1.54, 1.807) is 6.20 Å². The van der Waals surface area contributed by atoms with Crippen molar-refractivity contribution in [2.75, 3.05) is 5.73 Å². The molecular weight excluding hydrogens is 200 g/mol. The normalized spacial score (nSPS) is 12.6. The molecule has 0 saturated heterocycles. The fourth-order valence-electron chi connectivity index (χ4n) is 1.84. The van der Waals surface area contributed by atoms with E-state index in [0.717, 1.165) is 24.2 Å². The van der Waals surface area contributed by atoms with Crippen molar-refractivity contribution in [2.24, 2.45) is 0 Å². The first-order chi connectivity index (χ1) is 7.79. The maximum Gasteiger partial charge on any atom is 0.0830 e. The zero-order chi connectivity index (χ0) is 11.4. The molecular formula is C12H16N4. The molecule has 84 valence electrons. The number of nitrogen functional groups attached to an aromatic ring is 1. The van der Waals surface area contributed by atoms with Crippen molar-refractivity contribution < 1.29 is 0 Å². The number of benzene rings is 1. The molecule has 3 N–H and O–H groups in total. The predicted molar refractivity (Wildman–Crippen MR) is 64.0 cm³/mol. The zero-order valence-corrected chi connectivity index (χ0v) is 9.35. The van der Waals surface area contributed by atoms with Crippen LogP contribution in [0.4, 0.5) is 5.69 Å². The Kier molecular flexibility index (Phi) is 3.19. The Balaban J connectivity index is 2.13. The summed E-state index contributed by atoms with van der Waals surface area (Å²) in [5, 5.41) is 10.5. The summed E-state index contributed by atoms with van der Waals surface area (Å²) in [6.07, 6.45) is 3.77. The highest BCUT2D eigenvalue weighted by molar-refractivity contribution is 5.40. The Morgan fingerprint density at radius 1 is 1.31 bits per heavy atom. The largest absolute Gasteiger partial charge is 0.399 e. The Morgan fingerprint density at radius 2 is 2.06 bits per heavy atom. The van der Waals surface area contributed by atoms with Crippen LogP contribution in [0, 0.1) is 0 Å². The van der Waals surface area contributed by atoms with Crippen LogP contribution >= 0.6 is 0 Å². The number of nitrogens with zero attached hydrogens (tertiary/aromatic N) is 2. The predicted octanol–water partition coefficient (Wildman–Crippen LogP) is 2.12. The highest BCUT2D eigenvalue weighted by Gasteiger charge is 2.11. The number of nitrogens with one attached hydrogen (secondary N) is 1. The van der Waals surface area contributed by atoms with E-state index in [2.05, 4.69) is 34.5 Å². The van der Waals surface area contributed by atoms with Crippen molar-refractivity contribution in [3.8, 4) is 0 Å². The molecule has 0 aliphatic rings. The quantitative estimate of drug-likeness (QED) is 0.769. The molecule has 0 bridgehead atoms. The highest BCUT2D eigenvalue weighted by Crippen LogP contribution is 2.23. The van der Waals surface area contributed by atoms with E-state index < -0.39 is 0 Å². The van der Waals surface area contributed by atoms with Crippen molar-refractivity contribution >= 4 is 5.69 Å². The van der Waals surface area contributed by atoms with Gasteiger partial charge in [0.2, 0.25) is 0 Å². The third kappa shape index (κ3) is 2.39. The van der Waals surface area contributed by atoms with Crippen molar-refractivity contribution in [2.45, 2.75) is 25.7 Å². The summed E-state index contributed by atoms with van der Waals surface area (Å²) in [6.45, 7) is 2.18. The summed E-state index contributed by atoms with van der Waals surface area (Å²) in [7, 11) is 0. The highest BCUT2D eigenvalue weighted by atomic mass is 15.3. The van der Waals surface area contributed by atoms with Crippen LogP contribution < -0.4 is 5.73 Å². The van der Waals surface area contributed by atoms with E-state index in [0.29, 0.717) is 5.92 Å². The first kappa shape index (κ1) is 10.7. The lowest BCUT2D eigenvalue weighted by Gasteiger charge is -2.13. The fourth-order valence-corrected chi connectivity index (χ4v) is 1.84. The van der Waals surface area contributed by atoms with Gasteiger partial charge < -0.3 is 5.73 Å². The van der Waals surface area contributed by atoms with Gasteiger partial charge in [0, 0.05) is 5.69 Å². The minimum Gasteiger partial charge on any atom is -0.399 e. The molecule has 2 aromatic rings. The van der Waals surface area contributed by atoms with Gasteiger partial charge >= 0.3 is 0 Å². The van der Waals surface area contributed by atoms with E-state index >= 15 is 0 Å². The van der Waals surface area contributed by atoms with Gasteiger partial charge in [-0.15, -0.1) is 0 Å². The van der Waals surface area contributed by atoms with E-state index in [4.69, 9.17) is 5.73 Å². The molecule has 0 spiro atoms. The Labute approximate surface area is 94.9 Å². The smallest absolute Gasteiger partial charge is 0.0830 e. The average Bonchev–Trinajstić information content (AvgIpc) is 2.80. The van der Waals surface area contributed by atoms with Gasteiger partial charge in [0.25, 0.3) is 0 Å². The second kappa shape index (κ2) is 4.79. The lowest BCUT2D eigenvalue weighted by atomic mass is 9.92. The number of hydrogen-bond acceptors (Lipinski definition) is 3. The maximum atomic E-state index is 5.68. The lowest BCUT2D eigenvalue weighted by Crippen LogP contribution is -2.02. The number of aromatic amines is 1. The van der Waals surface area contributed by atoms with Gasteiger partial charge in [0.05, 0.1) is 11.9 Å². The number of hydrogen-bond donors (Lipinski definition) is 2. The van der Waals surface area contributed by atoms with Gasteiger partial charge in [0.15, 0.2) is 0 Å². The average molecular weight is 216 g/mol. The number of nitrogens with two attached hydrogens (primary N) is 1. The van der Waals surface area contributed by atoms with Gasteiger partial charge in [-0.05, 0) is 36.5 Å². The molecule has 16 heavy (non-hydrogen) atoms. The van der Waals surface area contributed by atoms with Crippen LogP contribution in [-0.2, 0) is 6.42 Å². The van der Waals surface area contributed by atoms with Gasteiger partial charge in [-0.2, -0.15) is 15.4 Å². The van der Waals surface area contributed by atoms with E-state index in [-0.39, 0.29) is 0 Å². The third-order valence-corrected chi connectivity index (χ3v) is 2.82. The number of rotatable bonds is 4. The lowest BCUT2D eigenvalue weighted by molar-refractivity contribution is 0.648. The monoisotopic (exact) mass is 216 g/mol. The van der Waals surface area contributed by atoms with Crippen LogP contribution in [0.15, 0.2) is 30.5 Å². The Hall–Kier alpha value is -1.84. The molecule has 0 fully saturated rings. The molecule has 0 amide bonds. The van der Waals surface area contributed by atoms with Crippen LogP contribution in [0.2, 0.25) is 0 Å². The van der Waals surface area contributed by atoms with Gasteiger partial charge in [-0.3, -0.25) is 0 Å². The Morgan fingerprint density at radius 3 is 2.62 bits per heavy atom. The molecule has 0 saturated carbocycles. The van der Waals surface area contributed by atoms with E-state index in [9.17, 15) is 0 Å². The van der Waals surface area contributed by atoms with Gasteiger partial charge in [-0.1, -0.05) is 19.1 Å². The Bertz CT molecular complexity index is 419. The molecule has 1 aromatic heterocycles. The van der Waals surface area contributed by atoms with Crippen LogP contribution in [0.3, 0.4) is 0 Å². The standard InChI is InChI=1S/C12H16N4/c1-2-9(7-12-8-14-16-15-12)10-3-5-11(13)6-4-10/h3-6,8-9H,2,7,13H2,1H3,(H,14,15,16). The summed E-state index contributed by atoms with van der Waals surface area (Å²) >= 11 is 0. The van der Waals surface area contributed by atoms with Crippen molar-refractivity contribution in [3.05, 3.63) is 41.7 Å². The second-order valence-corrected chi connectivity index (χ2v) is 3.94. The SMILES string of the molecule is CCC(Cc1cn[nH]n1)c1ccc(N)cc1. The van der Waals surface area contributed by atoms with Gasteiger partial charge in [-0.25, -0.2) is 0 Å². The molecule has 2 rings (SSSR count). The molecule has 1 atom stereocenters. The zero-order valence-electron chi connectivity index (χ0n) is 9.35. The molecule has 4 nitrogen and oxygen atoms in total. The van der Waals surface area contributed by atoms with E-state index in [1.165, 1.54) is 5.56 Å². The number of aromatic nitrogens is 3. The topological polar surface area (TPSA) is 67.6 Å². The summed E-state index contributed by atoms with van der Waals surface area (Å²) in [5.41, 5.74) is 8.79. The maximum absolute atomic E-state index is 5.68. The number of anilines is 1. The molecule has 0 aliphatic heterocycles. The molecule has 0 aliphatic carbocycles. The van der Waals surface area contributed by atoms with Crippen LogP contribution in [-0.4, -0.2) is 15.4 Å². The first-order valence-electron chi connectivity index (χ1n) is 5.49.